The van der Waals surface area contributed by atoms with Crippen LogP contribution >= 0.6 is 0 Å². The first-order valence-electron chi connectivity index (χ1n) is 6.46. The number of nitrogens with one attached hydrogen (secondary N) is 2. The fourth-order valence-corrected chi connectivity index (χ4v) is 2.17. The van der Waals surface area contributed by atoms with E-state index in [0.717, 1.165) is 10.6 Å². The van der Waals surface area contributed by atoms with E-state index in [1.807, 2.05) is 6.08 Å². The lowest BCUT2D eigenvalue weighted by molar-refractivity contribution is 0.404. The van der Waals surface area contributed by atoms with Crippen molar-refractivity contribution < 1.29 is 0 Å². The van der Waals surface area contributed by atoms with Crippen LogP contribution in [0.25, 0.3) is 12.2 Å². The predicted molar refractivity (Wildman–Crippen MR) is 75.5 cm³/mol. The summed E-state index contributed by atoms with van der Waals surface area (Å²) in [5.74, 6) is 0.467. The second-order valence-electron chi connectivity index (χ2n) is 6.37. The quantitative estimate of drug-likeness (QED) is 0.725. The Bertz CT molecular complexity index is 643. The van der Waals surface area contributed by atoms with Crippen molar-refractivity contribution in [3.8, 4) is 0 Å². The maximum atomic E-state index is 11.8. The Labute approximate surface area is 107 Å². The number of fused-ring (bicyclic) bond motifs is 1. The lowest BCUT2D eigenvalue weighted by Gasteiger charge is -2.29. The average molecular weight is 246 g/mol. The first-order chi connectivity index (χ1) is 8.23. The van der Waals surface area contributed by atoms with Gasteiger partial charge in [0.2, 0.25) is 0 Å². The molecule has 1 heterocycles. The smallest absolute Gasteiger partial charge is 0.271 e. The van der Waals surface area contributed by atoms with Crippen LogP contribution in [0, 0.1) is 16.7 Å². The molecular weight excluding hydrogens is 224 g/mol. The van der Waals surface area contributed by atoms with Crippen LogP contribution in [-0.2, 0) is 0 Å². The molecule has 0 spiro atoms. The number of allylic oxidation sites excluding steroid dienone is 2. The van der Waals surface area contributed by atoms with Crippen LogP contribution in [0.3, 0.4) is 0 Å². The summed E-state index contributed by atoms with van der Waals surface area (Å²) in [6, 6.07) is 0. The zero-order chi connectivity index (χ0) is 13.6. The molecule has 0 aromatic carbocycles. The van der Waals surface area contributed by atoms with Crippen LogP contribution < -0.4 is 16.1 Å². The lowest BCUT2D eigenvalue weighted by atomic mass is 9.75. The summed E-state index contributed by atoms with van der Waals surface area (Å²) in [5, 5.41) is 7.30. The summed E-state index contributed by atoms with van der Waals surface area (Å²) in [6.45, 7) is 10.8. The number of hydrogen-bond donors (Lipinski definition) is 2. The van der Waals surface area contributed by atoms with Crippen LogP contribution in [0.2, 0.25) is 0 Å². The molecule has 18 heavy (non-hydrogen) atoms. The predicted octanol–water partition coefficient (Wildman–Crippen LogP) is 1.52. The summed E-state index contributed by atoms with van der Waals surface area (Å²) in [5.41, 5.74) is -0.213. The van der Waals surface area contributed by atoms with Gasteiger partial charge in [-0.15, -0.1) is 0 Å². The van der Waals surface area contributed by atoms with E-state index in [9.17, 15) is 4.79 Å². The molecule has 2 N–H and O–H groups in total. The average Bonchev–Trinajstić information content (AvgIpc) is 2.56. The molecule has 0 fully saturated rings. The van der Waals surface area contributed by atoms with E-state index < -0.39 is 0 Å². The van der Waals surface area contributed by atoms with Gasteiger partial charge in [0.25, 0.3) is 5.56 Å². The molecular formula is C15H22N2O. The number of hydrogen-bond acceptors (Lipinski definition) is 1. The van der Waals surface area contributed by atoms with Crippen molar-refractivity contribution in [1.29, 1.82) is 0 Å². The fourth-order valence-electron chi connectivity index (χ4n) is 2.17. The SMILES string of the molecule is CC(C)C1(C)/C=C\C(C)(C)/C=c2/c(=O)[nH][nH]/c2=C/1. The molecule has 0 saturated carbocycles. The zero-order valence-corrected chi connectivity index (χ0v) is 11.8. The number of aromatic nitrogens is 2. The van der Waals surface area contributed by atoms with E-state index in [1.165, 1.54) is 0 Å². The maximum Gasteiger partial charge on any atom is 0.271 e. The molecule has 0 bridgehead atoms. The highest BCUT2D eigenvalue weighted by Gasteiger charge is 2.25. The van der Waals surface area contributed by atoms with Crippen molar-refractivity contribution in [3.63, 3.8) is 0 Å². The lowest BCUT2D eigenvalue weighted by Crippen LogP contribution is -2.38. The third-order valence-corrected chi connectivity index (χ3v) is 3.93. The molecule has 1 aliphatic carbocycles. The molecule has 2 rings (SSSR count). The summed E-state index contributed by atoms with van der Waals surface area (Å²) in [7, 11) is 0. The molecule has 0 amide bonds. The normalized spacial score (nSPS) is 31.4. The van der Waals surface area contributed by atoms with Crippen LogP contribution in [-0.4, -0.2) is 10.2 Å². The number of rotatable bonds is 1. The number of aromatic amines is 2. The molecule has 1 atom stereocenters. The minimum Gasteiger partial charge on any atom is -0.298 e. The maximum absolute atomic E-state index is 11.8. The molecule has 1 unspecified atom stereocenters. The Morgan fingerprint density at radius 1 is 1.06 bits per heavy atom. The molecule has 1 aromatic rings. The summed E-state index contributed by atoms with van der Waals surface area (Å²) in [4.78, 5) is 11.8. The van der Waals surface area contributed by atoms with Crippen LogP contribution in [0.15, 0.2) is 16.9 Å². The Hall–Kier alpha value is -1.51. The highest BCUT2D eigenvalue weighted by molar-refractivity contribution is 5.44. The molecule has 1 aliphatic rings. The van der Waals surface area contributed by atoms with Crippen LogP contribution in [0.5, 0.6) is 0 Å². The fraction of sp³-hybridized carbons (Fsp3) is 0.533. The molecule has 98 valence electrons. The van der Waals surface area contributed by atoms with Crippen molar-refractivity contribution >= 4 is 12.2 Å². The number of H-pyrrole nitrogens is 2. The van der Waals surface area contributed by atoms with Gasteiger partial charge in [-0.05, 0) is 12.0 Å². The summed E-state index contributed by atoms with van der Waals surface area (Å²) in [6.07, 6.45) is 8.61. The Balaban J connectivity index is 2.85. The van der Waals surface area contributed by atoms with Crippen LogP contribution in [0.4, 0.5) is 0 Å². The van der Waals surface area contributed by atoms with Gasteiger partial charge in [0, 0.05) is 10.8 Å². The van der Waals surface area contributed by atoms with Gasteiger partial charge in [0.15, 0.2) is 0 Å². The van der Waals surface area contributed by atoms with Gasteiger partial charge in [0.1, 0.15) is 0 Å². The van der Waals surface area contributed by atoms with E-state index in [1.54, 1.807) is 0 Å². The molecule has 3 nitrogen and oxygen atoms in total. The van der Waals surface area contributed by atoms with Crippen molar-refractivity contribution in [2.24, 2.45) is 16.7 Å². The Morgan fingerprint density at radius 2 is 1.72 bits per heavy atom. The summed E-state index contributed by atoms with van der Waals surface area (Å²) >= 11 is 0. The highest BCUT2D eigenvalue weighted by atomic mass is 16.1. The van der Waals surface area contributed by atoms with Gasteiger partial charge in [-0.3, -0.25) is 15.0 Å². The van der Waals surface area contributed by atoms with Gasteiger partial charge < -0.3 is 0 Å². The topological polar surface area (TPSA) is 48.6 Å². The highest BCUT2D eigenvalue weighted by Crippen LogP contribution is 2.33. The van der Waals surface area contributed by atoms with Crippen LogP contribution in [0.1, 0.15) is 34.6 Å². The minimum absolute atomic E-state index is 0.0456. The van der Waals surface area contributed by atoms with Crippen molar-refractivity contribution in [1.82, 2.24) is 10.2 Å². The summed E-state index contributed by atoms with van der Waals surface area (Å²) < 4.78 is 0. The van der Waals surface area contributed by atoms with Gasteiger partial charge in [0.05, 0.1) is 10.6 Å². The van der Waals surface area contributed by atoms with Crippen molar-refractivity contribution in [2.45, 2.75) is 34.6 Å². The first-order valence-corrected chi connectivity index (χ1v) is 6.46. The standard InChI is InChI=1S/C15H22N2O/c1-10(2)15(5)7-6-14(3,4)8-11-12(9-15)16-17-13(11)18/h6-10,16H,1-5H3,(H,17,18)/b7-6-,11-8+,12-9+. The van der Waals surface area contributed by atoms with Gasteiger partial charge in [-0.25, -0.2) is 0 Å². The molecule has 3 heteroatoms. The van der Waals surface area contributed by atoms with Gasteiger partial charge in [-0.1, -0.05) is 52.8 Å². The molecule has 0 aliphatic heterocycles. The third-order valence-electron chi connectivity index (χ3n) is 3.93. The zero-order valence-electron chi connectivity index (χ0n) is 11.8. The van der Waals surface area contributed by atoms with Crippen molar-refractivity contribution in [3.05, 3.63) is 33.1 Å². The largest absolute Gasteiger partial charge is 0.298 e. The van der Waals surface area contributed by atoms with E-state index in [-0.39, 0.29) is 16.4 Å². The third kappa shape index (κ3) is 2.22. The second kappa shape index (κ2) is 4.01. The molecule has 1 aromatic heterocycles. The van der Waals surface area contributed by atoms with E-state index in [4.69, 9.17) is 0 Å². The van der Waals surface area contributed by atoms with E-state index in [0.29, 0.717) is 5.92 Å². The second-order valence-corrected chi connectivity index (χ2v) is 6.37. The minimum atomic E-state index is -0.117. The Kier molecular flexibility index (Phi) is 2.88. The molecule has 0 saturated heterocycles. The first kappa shape index (κ1) is 12.9. The Morgan fingerprint density at radius 3 is 2.33 bits per heavy atom. The van der Waals surface area contributed by atoms with Crippen molar-refractivity contribution in [2.75, 3.05) is 0 Å². The monoisotopic (exact) mass is 246 g/mol. The van der Waals surface area contributed by atoms with Gasteiger partial charge >= 0.3 is 0 Å². The van der Waals surface area contributed by atoms with E-state index >= 15 is 0 Å². The van der Waals surface area contributed by atoms with Gasteiger partial charge in [-0.2, -0.15) is 0 Å². The molecule has 0 radical (unpaired) electrons. The van der Waals surface area contributed by atoms with E-state index in [2.05, 4.69) is 63.0 Å².